The van der Waals surface area contributed by atoms with Gasteiger partial charge in [0.1, 0.15) is 11.6 Å². The highest BCUT2D eigenvalue weighted by molar-refractivity contribution is 7.89. The van der Waals surface area contributed by atoms with Crippen molar-refractivity contribution in [3.8, 4) is 0 Å². The minimum Gasteiger partial charge on any atom is -0.361 e. The van der Waals surface area contributed by atoms with Crippen LogP contribution in [0.1, 0.15) is 36.3 Å². The molecule has 1 aromatic heterocycles. The summed E-state index contributed by atoms with van der Waals surface area (Å²) in [5.74, 6) is 0.317. The van der Waals surface area contributed by atoms with Gasteiger partial charge in [-0.2, -0.15) is 4.31 Å². The van der Waals surface area contributed by atoms with Crippen LogP contribution in [0, 0.1) is 25.1 Å². The van der Waals surface area contributed by atoms with Crippen LogP contribution in [-0.4, -0.2) is 49.0 Å². The van der Waals surface area contributed by atoms with Crippen molar-refractivity contribution in [3.63, 3.8) is 0 Å². The van der Waals surface area contributed by atoms with E-state index in [0.717, 1.165) is 62.0 Å². The van der Waals surface area contributed by atoms with E-state index in [-0.39, 0.29) is 10.3 Å². The minimum absolute atomic E-state index is 0.0351. The predicted octanol–water partition coefficient (Wildman–Crippen LogP) is 3.11. The quantitative estimate of drug-likeness (QED) is 0.779. The Hall–Kier alpha value is -1.77. The maximum atomic E-state index is 13.5. The van der Waals surface area contributed by atoms with E-state index in [2.05, 4.69) is 10.1 Å². The third-order valence-electron chi connectivity index (χ3n) is 6.14. The highest BCUT2D eigenvalue weighted by Crippen LogP contribution is 2.41. The maximum absolute atomic E-state index is 13.5. The van der Waals surface area contributed by atoms with Gasteiger partial charge in [0.2, 0.25) is 10.0 Å². The third-order valence-corrected chi connectivity index (χ3v) is 7.98. The highest BCUT2D eigenvalue weighted by atomic mass is 32.2. The molecule has 0 radical (unpaired) electrons. The van der Waals surface area contributed by atoms with Gasteiger partial charge < -0.3 is 4.52 Å². The van der Waals surface area contributed by atoms with Gasteiger partial charge in [-0.3, -0.25) is 4.90 Å². The zero-order valence-electron chi connectivity index (χ0n) is 16.3. The topological polar surface area (TPSA) is 66.7 Å². The number of halogens is 1. The summed E-state index contributed by atoms with van der Waals surface area (Å²) in [5.41, 5.74) is 2.00. The van der Waals surface area contributed by atoms with E-state index in [1.54, 1.807) is 0 Å². The first-order valence-electron chi connectivity index (χ1n) is 9.69. The van der Waals surface area contributed by atoms with E-state index in [4.69, 9.17) is 4.52 Å². The number of likely N-dealkylation sites (tertiary alicyclic amines) is 1. The van der Waals surface area contributed by atoms with Gasteiger partial charge >= 0.3 is 0 Å². The monoisotopic (exact) mass is 407 g/mol. The lowest BCUT2D eigenvalue weighted by atomic mass is 9.79. The molecule has 2 aromatic rings. The molecule has 0 bridgehead atoms. The van der Waals surface area contributed by atoms with Crippen LogP contribution < -0.4 is 0 Å². The van der Waals surface area contributed by atoms with Crippen LogP contribution in [0.2, 0.25) is 0 Å². The van der Waals surface area contributed by atoms with Gasteiger partial charge in [-0.15, -0.1) is 0 Å². The smallest absolute Gasteiger partial charge is 0.243 e. The molecule has 2 fully saturated rings. The Kier molecular flexibility index (Phi) is 5.05. The van der Waals surface area contributed by atoms with E-state index >= 15 is 0 Å². The van der Waals surface area contributed by atoms with Gasteiger partial charge in [0.15, 0.2) is 0 Å². The van der Waals surface area contributed by atoms with Gasteiger partial charge in [0.25, 0.3) is 0 Å². The molecule has 1 aromatic carbocycles. The lowest BCUT2D eigenvalue weighted by Crippen LogP contribution is -2.45. The molecule has 4 rings (SSSR count). The Morgan fingerprint density at radius 2 is 2.04 bits per heavy atom. The molecule has 2 aliphatic rings. The first kappa shape index (κ1) is 19.5. The highest BCUT2D eigenvalue weighted by Gasteiger charge is 2.45. The molecule has 6 nitrogen and oxygen atoms in total. The van der Waals surface area contributed by atoms with Crippen molar-refractivity contribution in [1.82, 2.24) is 14.4 Å². The first-order valence-corrected chi connectivity index (χ1v) is 11.1. The Labute approximate surface area is 165 Å². The fourth-order valence-corrected chi connectivity index (χ4v) is 6.19. The molecule has 0 N–H and O–H groups in total. The summed E-state index contributed by atoms with van der Waals surface area (Å²) >= 11 is 0. The number of nitrogens with zero attached hydrogens (tertiary/aromatic N) is 3. The van der Waals surface area contributed by atoms with Gasteiger partial charge in [-0.25, -0.2) is 12.8 Å². The lowest BCUT2D eigenvalue weighted by Gasteiger charge is -2.40. The number of rotatable bonds is 4. The largest absolute Gasteiger partial charge is 0.361 e. The van der Waals surface area contributed by atoms with Crippen molar-refractivity contribution in [3.05, 3.63) is 47.1 Å². The summed E-state index contributed by atoms with van der Waals surface area (Å²) in [6, 6.07) is 5.28. The predicted molar refractivity (Wildman–Crippen MR) is 103 cm³/mol. The van der Waals surface area contributed by atoms with Gasteiger partial charge in [0, 0.05) is 31.7 Å². The van der Waals surface area contributed by atoms with E-state index in [1.807, 2.05) is 13.8 Å². The Bertz CT molecular complexity index is 955. The van der Waals surface area contributed by atoms with Gasteiger partial charge in [-0.05, 0) is 63.3 Å². The Morgan fingerprint density at radius 3 is 2.75 bits per heavy atom. The molecular formula is C20H26FN3O3S. The SMILES string of the molecule is Cc1noc(C)c1CN1CCC[C@@]2(CCN(S(=O)(=O)c3cccc(F)c3)C2)C1. The average molecular weight is 408 g/mol. The van der Waals surface area contributed by atoms with Crippen LogP contribution in [0.3, 0.4) is 0 Å². The number of hydrogen-bond acceptors (Lipinski definition) is 5. The molecule has 0 amide bonds. The van der Waals surface area contributed by atoms with Crippen molar-refractivity contribution < 1.29 is 17.3 Å². The molecule has 2 aliphatic heterocycles. The standard InChI is InChI=1S/C20H26FN3O3S/c1-15-19(16(2)27-22-15)12-23-9-4-7-20(13-23)8-10-24(14-20)28(25,26)18-6-3-5-17(21)11-18/h3,5-6,11H,4,7-10,12-14H2,1-2H3/t20-/m1/s1. The maximum Gasteiger partial charge on any atom is 0.243 e. The molecule has 28 heavy (non-hydrogen) atoms. The van der Waals surface area contributed by atoms with E-state index in [9.17, 15) is 12.8 Å². The van der Waals surface area contributed by atoms with Crippen LogP contribution in [0.25, 0.3) is 0 Å². The zero-order chi connectivity index (χ0) is 19.9. The second-order valence-corrected chi connectivity index (χ2v) is 10.1. The van der Waals surface area contributed by atoms with Crippen molar-refractivity contribution in [2.45, 2.75) is 44.6 Å². The molecule has 3 heterocycles. The zero-order valence-corrected chi connectivity index (χ0v) is 17.1. The summed E-state index contributed by atoms with van der Waals surface area (Å²) in [7, 11) is -3.67. The summed E-state index contributed by atoms with van der Waals surface area (Å²) in [5, 5.41) is 4.04. The van der Waals surface area contributed by atoms with E-state index in [1.165, 1.54) is 22.5 Å². The second kappa shape index (κ2) is 7.24. The molecule has 152 valence electrons. The molecule has 0 aliphatic carbocycles. The molecule has 8 heteroatoms. The Balaban J connectivity index is 1.49. The number of aryl methyl sites for hydroxylation is 2. The van der Waals surface area contributed by atoms with Gasteiger partial charge in [0.05, 0.1) is 10.6 Å². The fraction of sp³-hybridized carbons (Fsp3) is 0.550. The van der Waals surface area contributed by atoms with Crippen molar-refractivity contribution in [1.29, 1.82) is 0 Å². The molecule has 1 atom stereocenters. The number of sulfonamides is 1. The third kappa shape index (κ3) is 3.60. The van der Waals surface area contributed by atoms with Gasteiger partial charge in [-0.1, -0.05) is 11.2 Å². The molecular weight excluding hydrogens is 381 g/mol. The van der Waals surface area contributed by atoms with Crippen LogP contribution in [0.15, 0.2) is 33.7 Å². The fourth-order valence-electron chi connectivity index (χ4n) is 4.61. The first-order chi connectivity index (χ1) is 13.3. The number of hydrogen-bond donors (Lipinski definition) is 0. The second-order valence-electron chi connectivity index (χ2n) is 8.16. The molecule has 1 spiro atoms. The van der Waals surface area contributed by atoms with Crippen LogP contribution in [-0.2, 0) is 16.6 Å². The summed E-state index contributed by atoms with van der Waals surface area (Å²) in [4.78, 5) is 2.42. The van der Waals surface area contributed by atoms with Crippen LogP contribution in [0.5, 0.6) is 0 Å². The summed E-state index contributed by atoms with van der Waals surface area (Å²) < 4.78 is 46.3. The molecule has 0 saturated carbocycles. The normalized spacial score (nSPS) is 24.2. The van der Waals surface area contributed by atoms with Crippen molar-refractivity contribution in [2.24, 2.45) is 5.41 Å². The van der Waals surface area contributed by atoms with E-state index < -0.39 is 15.8 Å². The Morgan fingerprint density at radius 1 is 1.21 bits per heavy atom. The number of piperidine rings is 1. The number of benzene rings is 1. The van der Waals surface area contributed by atoms with Crippen molar-refractivity contribution >= 4 is 10.0 Å². The average Bonchev–Trinajstić information content (AvgIpc) is 3.21. The van der Waals surface area contributed by atoms with Crippen molar-refractivity contribution in [2.75, 3.05) is 26.2 Å². The molecule has 2 saturated heterocycles. The molecule has 0 unspecified atom stereocenters. The van der Waals surface area contributed by atoms with E-state index in [0.29, 0.717) is 13.1 Å². The van der Waals surface area contributed by atoms with Crippen LogP contribution >= 0.6 is 0 Å². The van der Waals surface area contributed by atoms with Crippen LogP contribution in [0.4, 0.5) is 4.39 Å². The summed E-state index contributed by atoms with van der Waals surface area (Å²) in [6.45, 7) is 7.47. The number of aromatic nitrogens is 1. The lowest BCUT2D eigenvalue weighted by molar-refractivity contribution is 0.0930. The minimum atomic E-state index is -3.67. The summed E-state index contributed by atoms with van der Waals surface area (Å²) in [6.07, 6.45) is 2.89.